The summed E-state index contributed by atoms with van der Waals surface area (Å²) in [6.07, 6.45) is 3.57. The topological polar surface area (TPSA) is 68.0 Å². The Morgan fingerprint density at radius 1 is 1.32 bits per heavy atom. The molecule has 0 aliphatic heterocycles. The fraction of sp³-hybridized carbons (Fsp3) is 0.188. The number of rotatable bonds is 4. The standard InChI is InChI=1S/C16H15N3O2S/c1-10-15(11(2)21-19-10)16(20)18-7-12-5-14(8-17-6-12)13-3-4-22-9-13/h3-6,8-9H,7H2,1-2H3,(H,18,20). The predicted octanol–water partition coefficient (Wildman–Crippen LogP) is 3.34. The second-order valence-electron chi connectivity index (χ2n) is 4.98. The lowest BCUT2D eigenvalue weighted by Gasteiger charge is -2.06. The van der Waals surface area contributed by atoms with E-state index in [1.165, 1.54) is 0 Å². The van der Waals surface area contributed by atoms with Crippen molar-refractivity contribution in [2.24, 2.45) is 0 Å². The zero-order valence-corrected chi connectivity index (χ0v) is 13.1. The van der Waals surface area contributed by atoms with E-state index in [1.807, 2.05) is 23.7 Å². The van der Waals surface area contributed by atoms with Crippen molar-refractivity contribution in [3.8, 4) is 11.1 Å². The van der Waals surface area contributed by atoms with Gasteiger partial charge in [0.25, 0.3) is 5.91 Å². The number of carbonyl (C=O) groups excluding carboxylic acids is 1. The zero-order chi connectivity index (χ0) is 15.5. The van der Waals surface area contributed by atoms with Crippen LogP contribution in [0.3, 0.4) is 0 Å². The molecule has 0 aliphatic carbocycles. The predicted molar refractivity (Wildman–Crippen MR) is 84.7 cm³/mol. The molecule has 0 spiro atoms. The Morgan fingerprint density at radius 2 is 2.18 bits per heavy atom. The van der Waals surface area contributed by atoms with Gasteiger partial charge in [0.05, 0.1) is 5.69 Å². The van der Waals surface area contributed by atoms with Gasteiger partial charge in [0.2, 0.25) is 0 Å². The molecule has 0 saturated carbocycles. The van der Waals surface area contributed by atoms with Gasteiger partial charge in [0, 0.05) is 24.5 Å². The second-order valence-corrected chi connectivity index (χ2v) is 5.76. The van der Waals surface area contributed by atoms with Gasteiger partial charge in [-0.25, -0.2) is 0 Å². The fourth-order valence-electron chi connectivity index (χ4n) is 2.25. The smallest absolute Gasteiger partial charge is 0.257 e. The number of pyridine rings is 1. The molecule has 5 nitrogen and oxygen atoms in total. The molecule has 112 valence electrons. The number of hydrogen-bond donors (Lipinski definition) is 1. The molecule has 0 radical (unpaired) electrons. The summed E-state index contributed by atoms with van der Waals surface area (Å²) in [5.41, 5.74) is 4.23. The van der Waals surface area contributed by atoms with E-state index in [0.717, 1.165) is 16.7 Å². The maximum atomic E-state index is 12.2. The minimum atomic E-state index is -0.183. The van der Waals surface area contributed by atoms with Crippen LogP contribution >= 0.6 is 11.3 Å². The summed E-state index contributed by atoms with van der Waals surface area (Å²) < 4.78 is 5.01. The van der Waals surface area contributed by atoms with Crippen LogP contribution in [0.25, 0.3) is 11.1 Å². The summed E-state index contributed by atoms with van der Waals surface area (Å²) in [5.74, 6) is 0.345. The molecule has 3 heterocycles. The number of aryl methyl sites for hydroxylation is 2. The molecule has 0 bridgehead atoms. The largest absolute Gasteiger partial charge is 0.361 e. The van der Waals surface area contributed by atoms with Crippen molar-refractivity contribution in [1.29, 1.82) is 0 Å². The van der Waals surface area contributed by atoms with Crippen molar-refractivity contribution < 1.29 is 9.32 Å². The van der Waals surface area contributed by atoms with E-state index in [-0.39, 0.29) is 5.91 Å². The first kappa shape index (κ1) is 14.5. The van der Waals surface area contributed by atoms with E-state index in [9.17, 15) is 4.79 Å². The van der Waals surface area contributed by atoms with Crippen molar-refractivity contribution in [1.82, 2.24) is 15.5 Å². The zero-order valence-electron chi connectivity index (χ0n) is 12.3. The lowest BCUT2D eigenvalue weighted by atomic mass is 10.1. The minimum absolute atomic E-state index is 0.183. The van der Waals surface area contributed by atoms with Crippen LogP contribution in [-0.4, -0.2) is 16.0 Å². The number of carbonyl (C=O) groups is 1. The number of hydrogen-bond acceptors (Lipinski definition) is 5. The molecular formula is C16H15N3O2S. The molecule has 0 aromatic carbocycles. The molecule has 0 fully saturated rings. The minimum Gasteiger partial charge on any atom is -0.361 e. The lowest BCUT2D eigenvalue weighted by molar-refractivity contribution is 0.0949. The highest BCUT2D eigenvalue weighted by Gasteiger charge is 2.17. The van der Waals surface area contributed by atoms with Crippen LogP contribution in [0.2, 0.25) is 0 Å². The van der Waals surface area contributed by atoms with Crippen LogP contribution in [0, 0.1) is 13.8 Å². The number of amides is 1. The third-order valence-electron chi connectivity index (χ3n) is 3.36. The van der Waals surface area contributed by atoms with Crippen LogP contribution in [0.5, 0.6) is 0 Å². The molecule has 0 aliphatic rings. The van der Waals surface area contributed by atoms with Crippen LogP contribution < -0.4 is 5.32 Å². The molecular weight excluding hydrogens is 298 g/mol. The Hall–Kier alpha value is -2.47. The highest BCUT2D eigenvalue weighted by molar-refractivity contribution is 7.08. The van der Waals surface area contributed by atoms with Crippen LogP contribution in [-0.2, 0) is 6.54 Å². The highest BCUT2D eigenvalue weighted by Crippen LogP contribution is 2.22. The van der Waals surface area contributed by atoms with Crippen molar-refractivity contribution in [3.63, 3.8) is 0 Å². The summed E-state index contributed by atoms with van der Waals surface area (Å²) >= 11 is 1.65. The van der Waals surface area contributed by atoms with E-state index in [2.05, 4.69) is 20.8 Å². The molecule has 3 rings (SSSR count). The van der Waals surface area contributed by atoms with Gasteiger partial charge in [-0.15, -0.1) is 0 Å². The number of nitrogens with zero attached hydrogens (tertiary/aromatic N) is 2. The van der Waals surface area contributed by atoms with Gasteiger partial charge in [-0.1, -0.05) is 5.16 Å². The normalized spacial score (nSPS) is 10.6. The lowest BCUT2D eigenvalue weighted by Crippen LogP contribution is -2.23. The SMILES string of the molecule is Cc1noc(C)c1C(=O)NCc1cncc(-c2ccsc2)c1. The molecule has 0 unspecified atom stereocenters. The average molecular weight is 313 g/mol. The maximum absolute atomic E-state index is 12.2. The van der Waals surface area contributed by atoms with E-state index < -0.39 is 0 Å². The first-order chi connectivity index (χ1) is 10.6. The summed E-state index contributed by atoms with van der Waals surface area (Å²) in [6.45, 7) is 3.89. The highest BCUT2D eigenvalue weighted by atomic mass is 32.1. The Morgan fingerprint density at radius 3 is 2.86 bits per heavy atom. The number of thiophene rings is 1. The molecule has 0 saturated heterocycles. The van der Waals surface area contributed by atoms with Crippen molar-refractivity contribution in [3.05, 3.63) is 57.9 Å². The van der Waals surface area contributed by atoms with Crippen LogP contribution in [0.15, 0.2) is 39.8 Å². The van der Waals surface area contributed by atoms with Crippen molar-refractivity contribution in [2.45, 2.75) is 20.4 Å². The first-order valence-electron chi connectivity index (χ1n) is 6.82. The van der Waals surface area contributed by atoms with E-state index in [0.29, 0.717) is 23.6 Å². The number of nitrogens with one attached hydrogen (secondary N) is 1. The van der Waals surface area contributed by atoms with Gasteiger partial charge in [-0.2, -0.15) is 11.3 Å². The summed E-state index contributed by atoms with van der Waals surface area (Å²) in [6, 6.07) is 4.08. The summed E-state index contributed by atoms with van der Waals surface area (Å²) in [5, 5.41) is 10.8. The van der Waals surface area contributed by atoms with Gasteiger partial charge < -0.3 is 9.84 Å². The van der Waals surface area contributed by atoms with Gasteiger partial charge in [0.1, 0.15) is 11.3 Å². The number of aromatic nitrogens is 2. The Balaban J connectivity index is 1.72. The Labute approximate surface area is 132 Å². The van der Waals surface area contributed by atoms with E-state index in [1.54, 1.807) is 31.4 Å². The molecule has 22 heavy (non-hydrogen) atoms. The monoisotopic (exact) mass is 313 g/mol. The van der Waals surface area contributed by atoms with Crippen molar-refractivity contribution in [2.75, 3.05) is 0 Å². The molecule has 1 N–H and O–H groups in total. The van der Waals surface area contributed by atoms with Gasteiger partial charge in [0.15, 0.2) is 0 Å². The van der Waals surface area contributed by atoms with Crippen LogP contribution in [0.4, 0.5) is 0 Å². The van der Waals surface area contributed by atoms with Crippen molar-refractivity contribution >= 4 is 17.2 Å². The maximum Gasteiger partial charge on any atom is 0.257 e. The fourth-order valence-corrected chi connectivity index (χ4v) is 2.91. The average Bonchev–Trinajstić information content (AvgIpc) is 3.16. The molecule has 3 aromatic heterocycles. The molecule has 3 aromatic rings. The first-order valence-corrected chi connectivity index (χ1v) is 7.77. The van der Waals surface area contributed by atoms with Gasteiger partial charge in [-0.3, -0.25) is 9.78 Å². The summed E-state index contributed by atoms with van der Waals surface area (Å²) in [7, 11) is 0. The molecule has 1 amide bonds. The second kappa shape index (κ2) is 6.11. The third kappa shape index (κ3) is 2.92. The molecule has 0 atom stereocenters. The van der Waals surface area contributed by atoms with Gasteiger partial charge in [-0.05, 0) is 47.9 Å². The third-order valence-corrected chi connectivity index (χ3v) is 4.05. The van der Waals surface area contributed by atoms with E-state index in [4.69, 9.17) is 4.52 Å². The Bertz CT molecular complexity index is 774. The van der Waals surface area contributed by atoms with E-state index >= 15 is 0 Å². The Kier molecular flexibility index (Phi) is 4.02. The van der Waals surface area contributed by atoms with Gasteiger partial charge >= 0.3 is 0 Å². The molecule has 6 heteroatoms. The summed E-state index contributed by atoms with van der Waals surface area (Å²) in [4.78, 5) is 16.4. The quantitative estimate of drug-likeness (QED) is 0.802. The van der Waals surface area contributed by atoms with Crippen LogP contribution in [0.1, 0.15) is 27.4 Å².